The third-order valence-electron chi connectivity index (χ3n) is 3.45. The zero-order valence-corrected chi connectivity index (χ0v) is 15.0. The molecule has 1 amide bonds. The Bertz CT molecular complexity index is 1190. The van der Waals surface area contributed by atoms with E-state index in [1.807, 2.05) is 6.07 Å². The van der Waals surface area contributed by atoms with Gasteiger partial charge in [0.25, 0.3) is 5.56 Å². The van der Waals surface area contributed by atoms with Crippen LogP contribution in [-0.2, 0) is 11.3 Å². The Morgan fingerprint density at radius 1 is 1.37 bits per heavy atom. The van der Waals surface area contributed by atoms with Gasteiger partial charge in [0.15, 0.2) is 5.69 Å². The predicted octanol–water partition coefficient (Wildman–Crippen LogP) is 1.13. The third-order valence-corrected chi connectivity index (χ3v) is 4.12. The molecule has 0 unspecified atom stereocenters. The average Bonchev–Trinajstić information content (AvgIpc) is 3.02. The van der Waals surface area contributed by atoms with Crippen molar-refractivity contribution in [2.24, 2.45) is 0 Å². The Morgan fingerprint density at radius 3 is 2.81 bits per heavy atom. The van der Waals surface area contributed by atoms with Gasteiger partial charge in [0, 0.05) is 10.5 Å². The molecule has 0 saturated heterocycles. The Labute approximate surface area is 158 Å². The van der Waals surface area contributed by atoms with Gasteiger partial charge in [-0.2, -0.15) is 14.8 Å². The van der Waals surface area contributed by atoms with Crippen LogP contribution in [0.25, 0.3) is 5.69 Å². The summed E-state index contributed by atoms with van der Waals surface area (Å²) in [4.78, 5) is 36.7. The van der Waals surface area contributed by atoms with Crippen LogP contribution in [0.1, 0.15) is 5.69 Å². The number of amides is 1. The maximum absolute atomic E-state index is 13.3. The van der Waals surface area contributed by atoms with Crippen LogP contribution in [0, 0.1) is 17.1 Å². The van der Waals surface area contributed by atoms with Crippen molar-refractivity contribution < 1.29 is 9.18 Å². The van der Waals surface area contributed by atoms with Crippen LogP contribution in [0.2, 0.25) is 0 Å². The van der Waals surface area contributed by atoms with Crippen molar-refractivity contribution in [2.75, 3.05) is 5.32 Å². The summed E-state index contributed by atoms with van der Waals surface area (Å²) in [6.45, 7) is -0.546. The van der Waals surface area contributed by atoms with Crippen LogP contribution in [0.4, 0.5) is 10.2 Å². The minimum atomic E-state index is -1.19. The molecule has 3 aromatic rings. The van der Waals surface area contributed by atoms with Crippen molar-refractivity contribution in [1.29, 1.82) is 5.26 Å². The summed E-state index contributed by atoms with van der Waals surface area (Å²) in [6.07, 6.45) is 0.645. The highest BCUT2D eigenvalue weighted by Gasteiger charge is 2.15. The number of halogens is 2. The van der Waals surface area contributed by atoms with Gasteiger partial charge in [-0.1, -0.05) is 12.1 Å². The van der Waals surface area contributed by atoms with E-state index in [1.165, 1.54) is 10.7 Å². The van der Waals surface area contributed by atoms with Gasteiger partial charge in [0.1, 0.15) is 18.4 Å². The van der Waals surface area contributed by atoms with Crippen LogP contribution in [0.3, 0.4) is 0 Å². The van der Waals surface area contributed by atoms with Gasteiger partial charge < -0.3 is 5.32 Å². The highest BCUT2D eigenvalue weighted by molar-refractivity contribution is 9.10. The lowest BCUT2D eigenvalue weighted by atomic mass is 10.3. The van der Waals surface area contributed by atoms with Crippen molar-refractivity contribution in [2.45, 2.75) is 6.54 Å². The normalized spacial score (nSPS) is 10.4. The lowest BCUT2D eigenvalue weighted by molar-refractivity contribution is -0.116. The van der Waals surface area contributed by atoms with E-state index in [0.29, 0.717) is 16.4 Å². The van der Waals surface area contributed by atoms with Gasteiger partial charge in [-0.25, -0.2) is 9.48 Å². The number of nitrogens with one attached hydrogen (secondary N) is 2. The van der Waals surface area contributed by atoms with Crippen LogP contribution >= 0.6 is 15.9 Å². The number of carbonyl (C=O) groups is 1. The zero-order valence-electron chi connectivity index (χ0n) is 13.4. The van der Waals surface area contributed by atoms with Gasteiger partial charge >= 0.3 is 5.69 Å². The Morgan fingerprint density at radius 2 is 2.11 bits per heavy atom. The Kier molecular flexibility index (Phi) is 5.00. The van der Waals surface area contributed by atoms with Gasteiger partial charge in [-0.05, 0) is 28.1 Å². The molecule has 2 heterocycles. The van der Waals surface area contributed by atoms with E-state index in [-0.39, 0.29) is 11.5 Å². The molecule has 136 valence electrons. The first-order chi connectivity index (χ1) is 12.9. The Balaban J connectivity index is 1.91. The molecule has 1 aromatic carbocycles. The molecule has 11 heteroatoms. The van der Waals surface area contributed by atoms with E-state index in [1.54, 1.807) is 29.2 Å². The number of benzene rings is 1. The van der Waals surface area contributed by atoms with Crippen molar-refractivity contribution in [3.8, 4) is 11.8 Å². The molecule has 2 aromatic heterocycles. The van der Waals surface area contributed by atoms with Crippen molar-refractivity contribution in [3.63, 3.8) is 0 Å². The maximum atomic E-state index is 13.3. The summed E-state index contributed by atoms with van der Waals surface area (Å²) in [6, 6.07) is 10.3. The minimum absolute atomic E-state index is 0.0632. The van der Waals surface area contributed by atoms with Crippen LogP contribution in [-0.4, -0.2) is 25.2 Å². The highest BCUT2D eigenvalue weighted by Crippen LogP contribution is 2.24. The number of nitrogens with zero attached hydrogens (tertiary/aromatic N) is 4. The fourth-order valence-corrected chi connectivity index (χ4v) is 2.72. The summed E-state index contributed by atoms with van der Waals surface area (Å²) in [7, 11) is 0. The second-order valence-electron chi connectivity index (χ2n) is 5.30. The lowest BCUT2D eigenvalue weighted by Gasteiger charge is -2.11. The lowest BCUT2D eigenvalue weighted by Crippen LogP contribution is -2.34. The Hall–Kier alpha value is -3.52. The first kappa shape index (κ1) is 18.3. The summed E-state index contributed by atoms with van der Waals surface area (Å²) in [5, 5.41) is 15.7. The molecule has 0 aliphatic rings. The topological polar surface area (TPSA) is 126 Å². The molecule has 3 rings (SSSR count). The van der Waals surface area contributed by atoms with Gasteiger partial charge in [-0.15, -0.1) is 0 Å². The predicted molar refractivity (Wildman–Crippen MR) is 95.9 cm³/mol. The van der Waals surface area contributed by atoms with E-state index < -0.39 is 29.5 Å². The molecule has 0 fully saturated rings. The van der Waals surface area contributed by atoms with Crippen LogP contribution < -0.4 is 16.6 Å². The first-order valence-corrected chi connectivity index (χ1v) is 8.22. The summed E-state index contributed by atoms with van der Waals surface area (Å²) < 4.78 is 16.1. The number of aromatic amines is 1. The molecule has 27 heavy (non-hydrogen) atoms. The number of aromatic nitrogens is 4. The van der Waals surface area contributed by atoms with Crippen molar-refractivity contribution >= 4 is 27.7 Å². The van der Waals surface area contributed by atoms with Crippen LogP contribution in [0.15, 0.2) is 50.6 Å². The molecular weight excluding hydrogens is 423 g/mol. The molecule has 0 radical (unpaired) electrons. The van der Waals surface area contributed by atoms with E-state index in [2.05, 4.69) is 26.3 Å². The summed E-state index contributed by atoms with van der Waals surface area (Å²) in [5.74, 6) is -1.69. The molecular formula is C16H10BrFN6O3. The van der Waals surface area contributed by atoms with Crippen molar-refractivity contribution in [1.82, 2.24) is 19.3 Å². The molecule has 0 aliphatic carbocycles. The first-order valence-electron chi connectivity index (χ1n) is 7.43. The number of rotatable bonds is 4. The maximum Gasteiger partial charge on any atom is 0.328 e. The second-order valence-corrected chi connectivity index (χ2v) is 6.16. The molecule has 9 nitrogen and oxygen atoms in total. The average molecular weight is 433 g/mol. The quantitative estimate of drug-likeness (QED) is 0.638. The fourth-order valence-electron chi connectivity index (χ4n) is 2.27. The SMILES string of the molecule is N#Cc1cc(NC(=O)Cn2cc(F)c(=O)[nH]c2=O)n(-c2ccccc2Br)n1. The summed E-state index contributed by atoms with van der Waals surface area (Å²) >= 11 is 3.37. The van der Waals surface area contributed by atoms with Gasteiger partial charge in [0.2, 0.25) is 11.7 Å². The molecule has 0 saturated carbocycles. The van der Waals surface area contributed by atoms with Gasteiger partial charge in [-0.3, -0.25) is 19.1 Å². The molecule has 0 aliphatic heterocycles. The van der Waals surface area contributed by atoms with Gasteiger partial charge in [0.05, 0.1) is 11.9 Å². The molecule has 0 atom stereocenters. The van der Waals surface area contributed by atoms with E-state index >= 15 is 0 Å². The number of anilines is 1. The number of nitriles is 1. The van der Waals surface area contributed by atoms with E-state index in [0.717, 1.165) is 4.57 Å². The number of hydrogen-bond acceptors (Lipinski definition) is 5. The number of hydrogen-bond donors (Lipinski definition) is 2. The molecule has 0 bridgehead atoms. The fraction of sp³-hybridized carbons (Fsp3) is 0.0625. The number of H-pyrrole nitrogens is 1. The highest BCUT2D eigenvalue weighted by atomic mass is 79.9. The number of carbonyl (C=O) groups excluding carboxylic acids is 1. The second kappa shape index (κ2) is 7.38. The standard InChI is InChI=1S/C16H10BrFN6O3/c17-10-3-1-2-4-12(10)24-13(5-9(6-19)22-24)20-14(25)8-23-7-11(18)15(26)21-16(23)27/h1-5,7H,8H2,(H,20,25)(H,21,26,27). The largest absolute Gasteiger partial charge is 0.328 e. The third kappa shape index (κ3) is 3.85. The molecule has 2 N–H and O–H groups in total. The van der Waals surface area contributed by atoms with E-state index in [4.69, 9.17) is 5.26 Å². The minimum Gasteiger partial charge on any atom is -0.309 e. The number of para-hydroxylation sites is 1. The monoisotopic (exact) mass is 432 g/mol. The zero-order chi connectivity index (χ0) is 19.6. The summed E-state index contributed by atoms with van der Waals surface area (Å²) in [5.41, 5.74) is -1.45. The smallest absolute Gasteiger partial charge is 0.309 e. The van der Waals surface area contributed by atoms with E-state index in [9.17, 15) is 18.8 Å². The van der Waals surface area contributed by atoms with Crippen LogP contribution in [0.5, 0.6) is 0 Å². The van der Waals surface area contributed by atoms with Crippen molar-refractivity contribution in [3.05, 3.63) is 73.4 Å². The molecule has 0 spiro atoms.